The molecule has 0 aliphatic carbocycles. The van der Waals surface area contributed by atoms with Crippen molar-refractivity contribution in [2.75, 3.05) is 0 Å². The Morgan fingerprint density at radius 1 is 1.12 bits per heavy atom. The molecule has 0 aliphatic rings. The van der Waals surface area contributed by atoms with Crippen molar-refractivity contribution in [3.63, 3.8) is 0 Å². The number of hydrogen-bond acceptors (Lipinski definition) is 3. The van der Waals surface area contributed by atoms with Gasteiger partial charge in [-0.05, 0) is 18.1 Å². The van der Waals surface area contributed by atoms with E-state index < -0.39 is 5.95 Å². The van der Waals surface area contributed by atoms with Crippen LogP contribution in [0.4, 0.5) is 4.39 Å². The van der Waals surface area contributed by atoms with Crippen LogP contribution in [0.25, 0.3) is 0 Å². The first-order valence-corrected chi connectivity index (χ1v) is 4.92. The summed E-state index contributed by atoms with van der Waals surface area (Å²) < 4.78 is 17.9. The Morgan fingerprint density at radius 3 is 2.62 bits per heavy atom. The molecule has 0 radical (unpaired) electrons. The van der Waals surface area contributed by atoms with Crippen LogP contribution < -0.4 is 4.74 Å². The van der Waals surface area contributed by atoms with Gasteiger partial charge in [0.15, 0.2) is 0 Å². The number of nitrogens with zero attached hydrogens (tertiary/aromatic N) is 2. The Kier molecular flexibility index (Phi) is 3.10. The second-order valence-corrected chi connectivity index (χ2v) is 3.41. The molecule has 0 spiro atoms. The maximum Gasteiger partial charge on any atom is 0.233 e. The van der Waals surface area contributed by atoms with E-state index in [2.05, 4.69) is 10.2 Å². The van der Waals surface area contributed by atoms with E-state index in [9.17, 15) is 4.39 Å². The maximum absolute atomic E-state index is 12.5. The third-order valence-corrected chi connectivity index (χ3v) is 2.24. The van der Waals surface area contributed by atoms with Crippen LogP contribution in [0.1, 0.15) is 11.1 Å². The molecule has 1 aromatic heterocycles. The molecule has 1 heterocycles. The van der Waals surface area contributed by atoms with E-state index in [-0.39, 0.29) is 0 Å². The lowest BCUT2D eigenvalue weighted by Gasteiger charge is -2.06. The third-order valence-electron chi connectivity index (χ3n) is 2.24. The first-order chi connectivity index (χ1) is 7.75. The van der Waals surface area contributed by atoms with E-state index in [0.717, 1.165) is 11.1 Å². The lowest BCUT2D eigenvalue weighted by molar-refractivity contribution is 0.287. The number of halogens is 1. The summed E-state index contributed by atoms with van der Waals surface area (Å²) in [5, 5.41) is 6.85. The number of rotatable bonds is 3. The second-order valence-electron chi connectivity index (χ2n) is 3.41. The number of hydrogen-bond donors (Lipinski definition) is 0. The van der Waals surface area contributed by atoms with Gasteiger partial charge in [0, 0.05) is 12.1 Å². The van der Waals surface area contributed by atoms with Crippen molar-refractivity contribution in [3.8, 4) is 5.88 Å². The Labute approximate surface area is 92.9 Å². The molecule has 2 rings (SSSR count). The summed E-state index contributed by atoms with van der Waals surface area (Å²) >= 11 is 0. The lowest BCUT2D eigenvalue weighted by atomic mass is 10.1. The summed E-state index contributed by atoms with van der Waals surface area (Å²) in [6.45, 7) is 2.42. The zero-order valence-corrected chi connectivity index (χ0v) is 8.85. The van der Waals surface area contributed by atoms with Crippen molar-refractivity contribution in [2.24, 2.45) is 0 Å². The number of benzene rings is 1. The summed E-state index contributed by atoms with van der Waals surface area (Å²) in [6, 6.07) is 10.6. The van der Waals surface area contributed by atoms with Crippen molar-refractivity contribution < 1.29 is 9.13 Å². The van der Waals surface area contributed by atoms with E-state index in [4.69, 9.17) is 4.74 Å². The molecule has 16 heavy (non-hydrogen) atoms. The fourth-order valence-corrected chi connectivity index (χ4v) is 1.30. The molecular formula is C12H11FN2O. The van der Waals surface area contributed by atoms with Gasteiger partial charge in [-0.1, -0.05) is 24.3 Å². The molecular weight excluding hydrogens is 207 g/mol. The highest BCUT2D eigenvalue weighted by Gasteiger charge is 2.00. The predicted octanol–water partition coefficient (Wildman–Crippen LogP) is 2.50. The second kappa shape index (κ2) is 4.70. The Morgan fingerprint density at radius 2 is 1.94 bits per heavy atom. The smallest absolute Gasteiger partial charge is 0.233 e. The van der Waals surface area contributed by atoms with Gasteiger partial charge in [-0.15, -0.1) is 10.2 Å². The monoisotopic (exact) mass is 218 g/mol. The average Bonchev–Trinajstić information content (AvgIpc) is 2.30. The Bertz CT molecular complexity index is 471. The van der Waals surface area contributed by atoms with E-state index in [1.54, 1.807) is 0 Å². The number of ether oxygens (including phenoxy) is 1. The average molecular weight is 218 g/mol. The van der Waals surface area contributed by atoms with Crippen molar-refractivity contribution in [1.82, 2.24) is 10.2 Å². The molecule has 0 atom stereocenters. The molecule has 2 aromatic rings. The predicted molar refractivity (Wildman–Crippen MR) is 57.5 cm³/mol. The van der Waals surface area contributed by atoms with Crippen LogP contribution >= 0.6 is 0 Å². The molecule has 3 nitrogen and oxygen atoms in total. The molecule has 82 valence electrons. The van der Waals surface area contributed by atoms with Crippen molar-refractivity contribution >= 4 is 0 Å². The van der Waals surface area contributed by atoms with Crippen LogP contribution in [0.15, 0.2) is 36.4 Å². The van der Waals surface area contributed by atoms with Crippen molar-refractivity contribution in [3.05, 3.63) is 53.5 Å². The minimum atomic E-state index is -0.608. The molecule has 0 unspecified atom stereocenters. The minimum Gasteiger partial charge on any atom is -0.472 e. The van der Waals surface area contributed by atoms with Gasteiger partial charge in [-0.2, -0.15) is 4.39 Å². The van der Waals surface area contributed by atoms with Gasteiger partial charge < -0.3 is 4.74 Å². The third kappa shape index (κ3) is 2.53. The summed E-state index contributed by atoms with van der Waals surface area (Å²) in [7, 11) is 0. The Hall–Kier alpha value is -1.97. The van der Waals surface area contributed by atoms with E-state index in [1.165, 1.54) is 12.1 Å². The minimum absolute atomic E-state index is 0.324. The van der Waals surface area contributed by atoms with Gasteiger partial charge in [0.25, 0.3) is 0 Å². The standard InChI is InChI=1S/C12H11FN2O/c1-9-4-2-3-5-10(9)8-16-12-7-6-11(13)14-15-12/h2-7H,8H2,1H3. The summed E-state index contributed by atoms with van der Waals surface area (Å²) in [6.07, 6.45) is 0. The SMILES string of the molecule is Cc1ccccc1COc1ccc(F)nn1. The summed E-state index contributed by atoms with van der Waals surface area (Å²) in [5.74, 6) is -0.284. The largest absolute Gasteiger partial charge is 0.472 e. The van der Waals surface area contributed by atoms with Crippen LogP contribution in [0.2, 0.25) is 0 Å². The van der Waals surface area contributed by atoms with Crippen molar-refractivity contribution in [1.29, 1.82) is 0 Å². The molecule has 0 fully saturated rings. The van der Waals surface area contributed by atoms with Gasteiger partial charge in [0.2, 0.25) is 11.8 Å². The zero-order valence-electron chi connectivity index (χ0n) is 8.85. The van der Waals surface area contributed by atoms with Crippen LogP contribution in [0.3, 0.4) is 0 Å². The molecule has 0 saturated carbocycles. The molecule has 1 aromatic carbocycles. The lowest BCUT2D eigenvalue weighted by Crippen LogP contribution is -2.00. The van der Waals surface area contributed by atoms with Crippen LogP contribution in [-0.4, -0.2) is 10.2 Å². The summed E-state index contributed by atoms with van der Waals surface area (Å²) in [4.78, 5) is 0. The first-order valence-electron chi connectivity index (χ1n) is 4.92. The highest BCUT2D eigenvalue weighted by Crippen LogP contribution is 2.11. The molecule has 0 aliphatic heterocycles. The van der Waals surface area contributed by atoms with Crippen molar-refractivity contribution in [2.45, 2.75) is 13.5 Å². The van der Waals surface area contributed by atoms with Gasteiger partial charge in [0.05, 0.1) is 0 Å². The maximum atomic E-state index is 12.5. The molecule has 0 N–H and O–H groups in total. The fraction of sp³-hybridized carbons (Fsp3) is 0.167. The van der Waals surface area contributed by atoms with Gasteiger partial charge in [0.1, 0.15) is 6.61 Å². The quantitative estimate of drug-likeness (QED) is 0.793. The zero-order chi connectivity index (χ0) is 11.4. The Balaban J connectivity index is 2.02. The topological polar surface area (TPSA) is 35.0 Å². The highest BCUT2D eigenvalue weighted by atomic mass is 19.1. The molecule has 4 heteroatoms. The molecule has 0 saturated heterocycles. The highest BCUT2D eigenvalue weighted by molar-refractivity contribution is 5.25. The fourth-order valence-electron chi connectivity index (χ4n) is 1.30. The number of aromatic nitrogens is 2. The van der Waals surface area contributed by atoms with Crippen LogP contribution in [0, 0.1) is 12.9 Å². The van der Waals surface area contributed by atoms with E-state index in [0.29, 0.717) is 12.5 Å². The van der Waals surface area contributed by atoms with E-state index >= 15 is 0 Å². The van der Waals surface area contributed by atoms with Crippen LogP contribution in [-0.2, 0) is 6.61 Å². The van der Waals surface area contributed by atoms with Gasteiger partial charge in [-0.3, -0.25) is 0 Å². The summed E-state index contributed by atoms with van der Waals surface area (Å²) in [5.41, 5.74) is 2.23. The van der Waals surface area contributed by atoms with Gasteiger partial charge in [-0.25, -0.2) is 0 Å². The molecule has 0 amide bonds. The number of aryl methyl sites for hydroxylation is 1. The first kappa shape index (κ1) is 10.5. The van der Waals surface area contributed by atoms with Gasteiger partial charge >= 0.3 is 0 Å². The molecule has 0 bridgehead atoms. The van der Waals surface area contributed by atoms with Crippen LogP contribution in [0.5, 0.6) is 5.88 Å². The van der Waals surface area contributed by atoms with E-state index in [1.807, 2.05) is 31.2 Å². The normalized spacial score (nSPS) is 10.1.